The van der Waals surface area contributed by atoms with Gasteiger partial charge in [0.2, 0.25) is 5.91 Å². The van der Waals surface area contributed by atoms with Gasteiger partial charge < -0.3 is 0 Å². The van der Waals surface area contributed by atoms with Gasteiger partial charge in [0.15, 0.2) is 6.10 Å². The maximum atomic E-state index is 13.9. The summed E-state index contributed by atoms with van der Waals surface area (Å²) in [6.45, 7) is 0. The molecule has 2 saturated heterocycles. The minimum absolute atomic E-state index is 0.324. The zero-order valence-electron chi connectivity index (χ0n) is 18.1. The van der Waals surface area contributed by atoms with Crippen LogP contribution >= 0.6 is 22.9 Å². The third-order valence-electron chi connectivity index (χ3n) is 6.81. The lowest BCUT2D eigenvalue weighted by Gasteiger charge is -2.28. The number of thiophene rings is 1. The second-order valence-corrected chi connectivity index (χ2v) is 10.2. The molecule has 34 heavy (non-hydrogen) atoms. The highest BCUT2D eigenvalue weighted by Crippen LogP contribution is 2.50. The number of fused-ring (bicyclic) bond motifs is 2. The Balaban J connectivity index is 1.43. The van der Waals surface area contributed by atoms with E-state index in [2.05, 4.69) is 6.07 Å². The highest BCUT2D eigenvalue weighted by molar-refractivity contribution is 7.17. The summed E-state index contributed by atoms with van der Waals surface area (Å²) in [7, 11) is 0. The van der Waals surface area contributed by atoms with Gasteiger partial charge in [-0.2, -0.15) is 5.26 Å². The number of nitriles is 1. The van der Waals surface area contributed by atoms with Gasteiger partial charge in [-0.15, -0.1) is 11.3 Å². The van der Waals surface area contributed by atoms with Crippen molar-refractivity contribution in [3.05, 3.63) is 81.2 Å². The summed E-state index contributed by atoms with van der Waals surface area (Å²) in [5.74, 6) is -1.46. The van der Waals surface area contributed by atoms with Crippen molar-refractivity contribution >= 4 is 45.4 Å². The van der Waals surface area contributed by atoms with E-state index < -0.39 is 24.0 Å². The molecular weight excluding hydrogens is 470 g/mol. The van der Waals surface area contributed by atoms with E-state index in [1.165, 1.54) is 16.2 Å². The van der Waals surface area contributed by atoms with E-state index in [0.29, 0.717) is 21.3 Å². The molecule has 2 aromatic carbocycles. The van der Waals surface area contributed by atoms with Crippen LogP contribution < -0.4 is 9.96 Å². The lowest BCUT2D eigenvalue weighted by molar-refractivity contribution is -0.126. The topological polar surface area (TPSA) is 73.6 Å². The predicted molar refractivity (Wildman–Crippen MR) is 130 cm³/mol. The monoisotopic (exact) mass is 489 g/mol. The van der Waals surface area contributed by atoms with Crippen LogP contribution in [0.2, 0.25) is 5.02 Å². The van der Waals surface area contributed by atoms with E-state index >= 15 is 0 Å². The van der Waals surface area contributed by atoms with Gasteiger partial charge in [0, 0.05) is 9.90 Å². The van der Waals surface area contributed by atoms with Gasteiger partial charge in [0.25, 0.3) is 5.91 Å². The highest BCUT2D eigenvalue weighted by Gasteiger charge is 2.61. The van der Waals surface area contributed by atoms with Crippen LogP contribution in [0, 0.1) is 17.2 Å². The Morgan fingerprint density at radius 1 is 1.00 bits per heavy atom. The van der Waals surface area contributed by atoms with Gasteiger partial charge >= 0.3 is 0 Å². The van der Waals surface area contributed by atoms with E-state index in [1.807, 2.05) is 42.5 Å². The molecule has 2 amide bonds. The highest BCUT2D eigenvalue weighted by atomic mass is 35.5. The SMILES string of the molecule is N#Cc1c(N2C(=O)[C@@H]3[C@H](ON(c4ccc(Cl)cc4)[C@H]3c3ccccc3)C2=O)sc2c1CCCC2. The molecule has 3 atom stereocenters. The van der Waals surface area contributed by atoms with Crippen LogP contribution in [-0.4, -0.2) is 17.9 Å². The summed E-state index contributed by atoms with van der Waals surface area (Å²) in [5, 5.41) is 12.6. The summed E-state index contributed by atoms with van der Waals surface area (Å²) in [6.07, 6.45) is 2.80. The molecule has 6 rings (SSSR count). The molecule has 0 radical (unpaired) electrons. The molecule has 3 aromatic rings. The molecule has 6 nitrogen and oxygen atoms in total. The molecule has 8 heteroatoms. The van der Waals surface area contributed by atoms with E-state index in [1.54, 1.807) is 17.2 Å². The minimum atomic E-state index is -0.959. The lowest BCUT2D eigenvalue weighted by atomic mass is 9.90. The third-order valence-corrected chi connectivity index (χ3v) is 8.33. The van der Waals surface area contributed by atoms with Gasteiger partial charge in [0.1, 0.15) is 17.0 Å². The number of hydrogen-bond acceptors (Lipinski definition) is 6. The summed E-state index contributed by atoms with van der Waals surface area (Å²) in [4.78, 5) is 36.0. The molecule has 2 fully saturated rings. The maximum Gasteiger partial charge on any atom is 0.267 e. The number of anilines is 2. The molecule has 0 N–H and O–H groups in total. The molecule has 3 heterocycles. The number of nitrogens with zero attached hydrogens (tertiary/aromatic N) is 3. The van der Waals surface area contributed by atoms with E-state index in [9.17, 15) is 14.9 Å². The van der Waals surface area contributed by atoms with Crippen LogP contribution in [0.1, 0.15) is 40.5 Å². The smallest absolute Gasteiger partial charge is 0.267 e. The Morgan fingerprint density at radius 2 is 1.74 bits per heavy atom. The second kappa shape index (κ2) is 8.24. The maximum absolute atomic E-state index is 13.9. The van der Waals surface area contributed by atoms with Crippen molar-refractivity contribution in [2.45, 2.75) is 37.8 Å². The largest absolute Gasteiger partial charge is 0.273 e. The van der Waals surface area contributed by atoms with E-state index in [0.717, 1.165) is 41.7 Å². The quantitative estimate of drug-likeness (QED) is 0.472. The average molecular weight is 490 g/mol. The first kappa shape index (κ1) is 21.4. The number of imide groups is 1. The number of rotatable bonds is 3. The summed E-state index contributed by atoms with van der Waals surface area (Å²) >= 11 is 7.48. The minimum Gasteiger partial charge on any atom is -0.273 e. The van der Waals surface area contributed by atoms with Crippen molar-refractivity contribution in [2.24, 2.45) is 5.92 Å². The molecule has 1 aromatic heterocycles. The Morgan fingerprint density at radius 3 is 2.47 bits per heavy atom. The second-order valence-electron chi connectivity index (χ2n) is 8.72. The molecule has 0 unspecified atom stereocenters. The Hall–Kier alpha value is -3.18. The molecule has 0 bridgehead atoms. The van der Waals surface area contributed by atoms with Crippen LogP contribution in [-0.2, 0) is 27.3 Å². The first-order valence-electron chi connectivity index (χ1n) is 11.3. The Bertz CT molecular complexity index is 1330. The Labute approximate surface area is 205 Å². The number of hydroxylamine groups is 1. The van der Waals surface area contributed by atoms with Crippen LogP contribution in [0.15, 0.2) is 54.6 Å². The van der Waals surface area contributed by atoms with Crippen LogP contribution in [0.3, 0.4) is 0 Å². The van der Waals surface area contributed by atoms with Gasteiger partial charge in [-0.25, -0.2) is 9.96 Å². The molecule has 170 valence electrons. The van der Waals surface area contributed by atoms with Gasteiger partial charge in [-0.1, -0.05) is 41.9 Å². The number of amides is 2. The standard InChI is InChI=1S/C26H20ClN3O3S/c27-16-10-12-17(13-11-16)30-22(15-6-2-1-3-7-15)21-23(33-30)25(32)29(24(21)31)26-19(14-28)18-8-4-5-9-20(18)34-26/h1-3,6-7,10-13,21-23H,4-5,8-9H2/t21-,22-,23-/m0/s1. The van der Waals surface area contributed by atoms with Crippen molar-refractivity contribution in [3.8, 4) is 6.07 Å². The number of carbonyl (C=O) groups excluding carboxylic acids is 2. The molecular formula is C26H20ClN3O3S. The van der Waals surface area contributed by atoms with Crippen molar-refractivity contribution in [1.29, 1.82) is 5.26 Å². The van der Waals surface area contributed by atoms with Crippen molar-refractivity contribution < 1.29 is 14.4 Å². The average Bonchev–Trinajstić information content (AvgIpc) is 3.50. The fourth-order valence-corrected chi connectivity index (χ4v) is 6.72. The van der Waals surface area contributed by atoms with Crippen molar-refractivity contribution in [2.75, 3.05) is 9.96 Å². The van der Waals surface area contributed by atoms with Gasteiger partial charge in [0.05, 0.1) is 17.3 Å². The molecule has 3 aliphatic rings. The van der Waals surface area contributed by atoms with E-state index in [4.69, 9.17) is 16.4 Å². The van der Waals surface area contributed by atoms with Crippen LogP contribution in [0.4, 0.5) is 10.7 Å². The number of benzene rings is 2. The molecule has 0 saturated carbocycles. The van der Waals surface area contributed by atoms with Crippen LogP contribution in [0.25, 0.3) is 0 Å². The normalized spacial score (nSPS) is 23.7. The first-order chi connectivity index (χ1) is 16.6. The zero-order valence-corrected chi connectivity index (χ0v) is 19.7. The van der Waals surface area contributed by atoms with Gasteiger partial charge in [-0.05, 0) is 61.1 Å². The molecule has 0 spiro atoms. The summed E-state index contributed by atoms with van der Waals surface area (Å²) in [5.41, 5.74) is 3.05. The van der Waals surface area contributed by atoms with E-state index in [-0.39, 0.29) is 5.91 Å². The lowest BCUT2D eigenvalue weighted by Crippen LogP contribution is -2.37. The summed E-state index contributed by atoms with van der Waals surface area (Å²) in [6, 6.07) is 18.5. The van der Waals surface area contributed by atoms with Crippen molar-refractivity contribution in [3.63, 3.8) is 0 Å². The van der Waals surface area contributed by atoms with Gasteiger partial charge in [-0.3, -0.25) is 14.4 Å². The first-order valence-corrected chi connectivity index (χ1v) is 12.5. The number of halogens is 1. The third kappa shape index (κ3) is 3.17. The Kier molecular flexibility index (Phi) is 5.18. The molecule has 2 aliphatic heterocycles. The molecule has 1 aliphatic carbocycles. The van der Waals surface area contributed by atoms with Crippen molar-refractivity contribution in [1.82, 2.24) is 0 Å². The fraction of sp³-hybridized carbons (Fsp3) is 0.269. The zero-order chi connectivity index (χ0) is 23.4. The number of hydrogen-bond donors (Lipinski definition) is 0. The van der Waals surface area contributed by atoms with Crippen LogP contribution in [0.5, 0.6) is 0 Å². The predicted octanol–water partition coefficient (Wildman–Crippen LogP) is 5.20. The fourth-order valence-electron chi connectivity index (χ4n) is 5.24. The summed E-state index contributed by atoms with van der Waals surface area (Å²) < 4.78 is 0. The number of aryl methyl sites for hydroxylation is 1. The number of carbonyl (C=O) groups is 2.